The first-order valence-corrected chi connectivity index (χ1v) is 6.06. The van der Waals surface area contributed by atoms with Crippen LogP contribution in [0.5, 0.6) is 0 Å². The van der Waals surface area contributed by atoms with Crippen LogP contribution in [0.4, 0.5) is 10.2 Å². The number of aromatic nitrogens is 1. The molecule has 1 aromatic rings. The second-order valence-electron chi connectivity index (χ2n) is 3.95. The Balaban J connectivity index is 3.09. The molecule has 0 unspecified atom stereocenters. The monoisotopic (exact) mass is 275 g/mol. The summed E-state index contributed by atoms with van der Waals surface area (Å²) < 4.78 is 13.3. The summed E-state index contributed by atoms with van der Waals surface area (Å²) in [6.07, 6.45) is 1.82. The number of nitrogens with zero attached hydrogens (tertiary/aromatic N) is 4. The number of carbonyl (C=O) groups excluding carboxylic acids is 1. The Morgan fingerprint density at radius 1 is 1.45 bits per heavy atom. The number of nitrogens with one attached hydrogen (secondary N) is 1. The lowest BCUT2D eigenvalue weighted by atomic mass is 10.2. The zero-order valence-corrected chi connectivity index (χ0v) is 11.1. The molecule has 1 rings (SSSR count). The lowest BCUT2D eigenvalue weighted by Crippen LogP contribution is -2.32. The fourth-order valence-electron chi connectivity index (χ4n) is 1.53. The molecule has 0 aromatic carbocycles. The van der Waals surface area contributed by atoms with E-state index in [1.165, 1.54) is 0 Å². The van der Waals surface area contributed by atoms with Gasteiger partial charge in [-0.3, -0.25) is 4.79 Å². The third-order valence-electron chi connectivity index (χ3n) is 2.44. The summed E-state index contributed by atoms with van der Waals surface area (Å²) in [5, 5.41) is 20.3. The smallest absolute Gasteiger partial charge is 0.259 e. The fourth-order valence-corrected chi connectivity index (χ4v) is 1.53. The van der Waals surface area contributed by atoms with E-state index in [9.17, 15) is 9.18 Å². The van der Waals surface area contributed by atoms with E-state index < -0.39 is 11.7 Å². The van der Waals surface area contributed by atoms with Crippen molar-refractivity contribution in [1.82, 2.24) is 9.88 Å². The first-order chi connectivity index (χ1) is 9.63. The van der Waals surface area contributed by atoms with Crippen molar-refractivity contribution >= 4 is 11.7 Å². The highest BCUT2D eigenvalue weighted by Gasteiger charge is 2.20. The van der Waals surface area contributed by atoms with Crippen molar-refractivity contribution in [2.75, 3.05) is 25.0 Å². The van der Waals surface area contributed by atoms with Crippen LogP contribution in [0, 0.1) is 28.5 Å². The molecule has 0 aliphatic heterocycles. The highest BCUT2D eigenvalue weighted by molar-refractivity contribution is 5.99. The van der Waals surface area contributed by atoms with Gasteiger partial charge in [-0.2, -0.15) is 10.5 Å². The van der Waals surface area contributed by atoms with Crippen molar-refractivity contribution in [3.05, 3.63) is 23.6 Å². The number of rotatable bonds is 6. The Hall–Kier alpha value is -2.67. The lowest BCUT2D eigenvalue weighted by Gasteiger charge is -2.18. The first-order valence-electron chi connectivity index (χ1n) is 6.06. The maximum atomic E-state index is 13.3. The highest BCUT2D eigenvalue weighted by atomic mass is 19.1. The van der Waals surface area contributed by atoms with Gasteiger partial charge < -0.3 is 10.2 Å². The van der Waals surface area contributed by atoms with Gasteiger partial charge in [0.05, 0.1) is 23.9 Å². The van der Waals surface area contributed by atoms with Crippen LogP contribution >= 0.6 is 0 Å². The Bertz CT molecular complexity index is 545. The quantitative estimate of drug-likeness (QED) is 0.795. The molecule has 104 valence electrons. The Morgan fingerprint density at radius 2 is 2.10 bits per heavy atom. The van der Waals surface area contributed by atoms with Crippen LogP contribution in [-0.4, -0.2) is 35.4 Å². The van der Waals surface area contributed by atoms with Crippen LogP contribution in [0.1, 0.15) is 23.7 Å². The van der Waals surface area contributed by atoms with Gasteiger partial charge in [0.25, 0.3) is 5.91 Å². The van der Waals surface area contributed by atoms with Crippen molar-refractivity contribution in [3.63, 3.8) is 0 Å². The lowest BCUT2D eigenvalue weighted by molar-refractivity contribution is 0.0795. The minimum atomic E-state index is -0.649. The number of hydrogen-bond donors (Lipinski definition) is 1. The molecule has 0 aliphatic rings. The van der Waals surface area contributed by atoms with Gasteiger partial charge in [-0.1, -0.05) is 6.92 Å². The molecule has 7 heteroatoms. The molecule has 20 heavy (non-hydrogen) atoms. The molecule has 0 atom stereocenters. The van der Waals surface area contributed by atoms with Gasteiger partial charge in [0, 0.05) is 6.54 Å². The van der Waals surface area contributed by atoms with E-state index in [1.807, 2.05) is 6.92 Å². The Kier molecular flexibility index (Phi) is 5.92. The number of amides is 1. The van der Waals surface area contributed by atoms with Gasteiger partial charge in [-0.05, 0) is 12.5 Å². The molecule has 6 nitrogen and oxygen atoms in total. The maximum Gasteiger partial charge on any atom is 0.259 e. The fraction of sp³-hybridized carbons (Fsp3) is 0.385. The Labute approximate surface area is 116 Å². The molecule has 0 radical (unpaired) electrons. The predicted molar refractivity (Wildman–Crippen MR) is 70.1 cm³/mol. The number of anilines is 1. The molecule has 0 spiro atoms. The zero-order chi connectivity index (χ0) is 15.0. The number of hydrogen-bond acceptors (Lipinski definition) is 5. The first kappa shape index (κ1) is 15.4. The van der Waals surface area contributed by atoms with Gasteiger partial charge >= 0.3 is 0 Å². The topological polar surface area (TPSA) is 92.8 Å². The summed E-state index contributed by atoms with van der Waals surface area (Å²) in [7, 11) is 0. The second kappa shape index (κ2) is 7.70. The molecule has 1 N–H and O–H groups in total. The van der Waals surface area contributed by atoms with E-state index >= 15 is 0 Å². The van der Waals surface area contributed by atoms with Gasteiger partial charge in [0.15, 0.2) is 0 Å². The summed E-state index contributed by atoms with van der Waals surface area (Å²) in [5.41, 5.74) is 0.0175. The van der Waals surface area contributed by atoms with E-state index in [0.717, 1.165) is 23.6 Å². The molecule has 0 saturated heterocycles. The van der Waals surface area contributed by atoms with E-state index in [1.54, 1.807) is 12.1 Å². The van der Waals surface area contributed by atoms with Crippen LogP contribution in [0.2, 0.25) is 0 Å². The number of carbonyl (C=O) groups is 1. The second-order valence-corrected chi connectivity index (χ2v) is 3.95. The third kappa shape index (κ3) is 3.92. The number of pyridine rings is 1. The van der Waals surface area contributed by atoms with E-state index in [2.05, 4.69) is 10.3 Å². The average Bonchev–Trinajstić information content (AvgIpc) is 2.45. The van der Waals surface area contributed by atoms with Crippen LogP contribution in [0.3, 0.4) is 0 Å². The zero-order valence-electron chi connectivity index (χ0n) is 11.1. The number of halogens is 1. The van der Waals surface area contributed by atoms with E-state index in [0.29, 0.717) is 6.54 Å². The molecular weight excluding hydrogens is 261 g/mol. The van der Waals surface area contributed by atoms with Gasteiger partial charge in [-0.15, -0.1) is 0 Å². The third-order valence-corrected chi connectivity index (χ3v) is 2.44. The highest BCUT2D eigenvalue weighted by Crippen LogP contribution is 2.16. The van der Waals surface area contributed by atoms with Gasteiger partial charge in [0.2, 0.25) is 0 Å². The molecule has 1 amide bonds. The summed E-state index contributed by atoms with van der Waals surface area (Å²) >= 11 is 0. The van der Waals surface area contributed by atoms with Crippen LogP contribution in [-0.2, 0) is 0 Å². The molecular formula is C13H14FN5O. The molecule has 1 heterocycles. The minimum Gasteiger partial charge on any atom is -0.369 e. The molecule has 0 fully saturated rings. The summed E-state index contributed by atoms with van der Waals surface area (Å²) in [5.74, 6) is -0.998. The largest absolute Gasteiger partial charge is 0.369 e. The van der Waals surface area contributed by atoms with Crippen LogP contribution in [0.25, 0.3) is 0 Å². The van der Waals surface area contributed by atoms with Crippen LogP contribution in [0.15, 0.2) is 12.3 Å². The maximum absolute atomic E-state index is 13.3. The summed E-state index contributed by atoms with van der Waals surface area (Å²) in [6, 6.07) is 4.65. The summed E-state index contributed by atoms with van der Waals surface area (Å²) in [6.45, 7) is 2.04. The average molecular weight is 275 g/mol. The van der Waals surface area contributed by atoms with Crippen molar-refractivity contribution in [2.45, 2.75) is 13.3 Å². The van der Waals surface area contributed by atoms with Crippen LogP contribution < -0.4 is 5.32 Å². The molecule has 0 saturated carbocycles. The van der Waals surface area contributed by atoms with Crippen molar-refractivity contribution in [2.24, 2.45) is 0 Å². The van der Waals surface area contributed by atoms with Crippen molar-refractivity contribution < 1.29 is 9.18 Å². The van der Waals surface area contributed by atoms with E-state index in [-0.39, 0.29) is 24.5 Å². The van der Waals surface area contributed by atoms with Gasteiger partial charge in [-0.25, -0.2) is 9.37 Å². The Morgan fingerprint density at radius 3 is 2.65 bits per heavy atom. The molecule has 0 aliphatic carbocycles. The molecule has 1 aromatic heterocycles. The van der Waals surface area contributed by atoms with Crippen molar-refractivity contribution in [1.29, 1.82) is 10.5 Å². The molecule has 0 bridgehead atoms. The predicted octanol–water partition coefficient (Wildman–Crippen LogP) is 1.53. The SMILES string of the molecule is CCCNc1ncc(F)cc1C(=O)N(CC#N)CC#N. The normalized spacial score (nSPS) is 9.40. The minimum absolute atomic E-state index is 0.0175. The summed E-state index contributed by atoms with van der Waals surface area (Å²) in [4.78, 5) is 17.1. The van der Waals surface area contributed by atoms with E-state index in [4.69, 9.17) is 10.5 Å². The number of nitriles is 2. The van der Waals surface area contributed by atoms with Crippen molar-refractivity contribution in [3.8, 4) is 12.1 Å². The van der Waals surface area contributed by atoms with Gasteiger partial charge in [0.1, 0.15) is 24.7 Å². The standard InChI is InChI=1S/C13H14FN5O/c1-2-5-17-12-11(8-10(14)9-18-12)13(20)19(6-3-15)7-4-16/h8-9H,2,5-7H2,1H3,(H,17,18).